The Morgan fingerprint density at radius 1 is 0.930 bits per heavy atom. The lowest BCUT2D eigenvalue weighted by atomic mass is 9.99. The Kier molecular flexibility index (Phi) is 15.7. The number of carboxylic acid groups (broad SMARTS) is 1. The number of carbonyl (C=O) groups is 7. The van der Waals surface area contributed by atoms with Crippen LogP contribution in [0.4, 0.5) is 4.79 Å². The van der Waals surface area contributed by atoms with Crippen molar-refractivity contribution in [3.63, 3.8) is 0 Å². The van der Waals surface area contributed by atoms with Crippen LogP contribution in [0.2, 0.25) is 0 Å². The number of likely N-dealkylation sites (tertiary alicyclic amines) is 1. The molecule has 14 nitrogen and oxygen atoms in total. The summed E-state index contributed by atoms with van der Waals surface area (Å²) in [5.74, 6) is -6.04. The van der Waals surface area contributed by atoms with Crippen LogP contribution in [0.3, 0.4) is 0 Å². The number of Topliss-reactive ketones (excluding diaryl/α,β-unsaturated/α-hetero) is 1. The molecule has 5 amide bonds. The molecule has 0 aromatic heterocycles. The summed E-state index contributed by atoms with van der Waals surface area (Å²) in [6, 6.07) is -4.31. The Labute approximate surface area is 253 Å². The van der Waals surface area contributed by atoms with Gasteiger partial charge in [0.15, 0.2) is 0 Å². The fourth-order valence-electron chi connectivity index (χ4n) is 4.53. The number of carboxylic acids is 1. The molecule has 0 aromatic carbocycles. The van der Waals surface area contributed by atoms with Crippen molar-refractivity contribution in [2.45, 2.75) is 105 Å². The van der Waals surface area contributed by atoms with Gasteiger partial charge in [-0.1, -0.05) is 61.3 Å². The van der Waals surface area contributed by atoms with Gasteiger partial charge in [-0.3, -0.25) is 24.0 Å². The largest absolute Gasteiger partial charge is 0.548 e. The average molecular weight is 611 g/mol. The maximum Gasteiger partial charge on any atom is 0.407 e. The van der Waals surface area contributed by atoms with Crippen molar-refractivity contribution in [1.82, 2.24) is 26.2 Å². The van der Waals surface area contributed by atoms with Crippen molar-refractivity contribution >= 4 is 41.5 Å². The zero-order valence-electron chi connectivity index (χ0n) is 26.3. The van der Waals surface area contributed by atoms with E-state index in [0.717, 1.165) is 0 Å². The molecule has 0 spiro atoms. The first kappa shape index (κ1) is 37.3. The maximum absolute atomic E-state index is 13.4. The summed E-state index contributed by atoms with van der Waals surface area (Å²) in [6.07, 6.45) is 1.16. The second-order valence-electron chi connectivity index (χ2n) is 11.7. The van der Waals surface area contributed by atoms with Crippen LogP contribution in [-0.4, -0.2) is 90.2 Å². The molecule has 1 aliphatic heterocycles. The third-order valence-electron chi connectivity index (χ3n) is 7.22. The lowest BCUT2D eigenvalue weighted by molar-refractivity contribution is -0.309. The van der Waals surface area contributed by atoms with Crippen molar-refractivity contribution in [2.75, 3.05) is 19.7 Å². The Bertz CT molecular complexity index is 1020. The highest BCUT2D eigenvalue weighted by molar-refractivity contribution is 6.38. The van der Waals surface area contributed by atoms with E-state index in [0.29, 0.717) is 25.7 Å². The molecule has 1 unspecified atom stereocenters. The van der Waals surface area contributed by atoms with Crippen LogP contribution < -0.4 is 26.4 Å². The van der Waals surface area contributed by atoms with Crippen LogP contribution in [0.25, 0.3) is 0 Å². The average Bonchev–Trinajstić information content (AvgIpc) is 3.45. The topological polar surface area (TPSA) is 203 Å². The van der Waals surface area contributed by atoms with Crippen molar-refractivity contribution < 1.29 is 43.4 Å². The molecule has 5 atom stereocenters. The van der Waals surface area contributed by atoms with E-state index >= 15 is 0 Å². The number of nitrogens with one attached hydrogen (secondary N) is 4. The molecule has 0 aromatic rings. The Morgan fingerprint density at radius 3 is 2.12 bits per heavy atom. The minimum absolute atomic E-state index is 0.111. The number of alkyl carbamates (subject to hydrolysis) is 1. The molecule has 1 heterocycles. The monoisotopic (exact) mass is 610 g/mol. The van der Waals surface area contributed by atoms with E-state index in [-0.39, 0.29) is 31.4 Å². The van der Waals surface area contributed by atoms with Gasteiger partial charge in [-0.15, -0.1) is 0 Å². The Hall–Kier alpha value is -3.71. The SMILES string of the molecule is CCCC(NC(=O)[C@@H]1CCCN1C(=O)[C@@H](NC(=O)OCC(C)C)C(C)C)C(=O)C(=O)NCC(=O)N[C@H](C(=O)[O-])[C@@H](C)CC. The van der Waals surface area contributed by atoms with Gasteiger partial charge >= 0.3 is 6.09 Å². The van der Waals surface area contributed by atoms with Crippen LogP contribution in [0, 0.1) is 17.8 Å². The minimum Gasteiger partial charge on any atom is -0.548 e. The first-order valence-electron chi connectivity index (χ1n) is 15.0. The summed E-state index contributed by atoms with van der Waals surface area (Å²) in [6.45, 7) is 12.2. The molecule has 43 heavy (non-hydrogen) atoms. The molecule has 0 aliphatic carbocycles. The Morgan fingerprint density at radius 2 is 1.58 bits per heavy atom. The molecule has 4 N–H and O–H groups in total. The number of hydrogen-bond donors (Lipinski definition) is 4. The maximum atomic E-state index is 13.4. The number of hydrogen-bond acceptors (Lipinski definition) is 9. The van der Waals surface area contributed by atoms with E-state index in [9.17, 15) is 38.7 Å². The minimum atomic E-state index is -1.46. The van der Waals surface area contributed by atoms with E-state index in [4.69, 9.17) is 4.74 Å². The van der Waals surface area contributed by atoms with E-state index in [2.05, 4.69) is 21.3 Å². The summed E-state index contributed by atoms with van der Waals surface area (Å²) >= 11 is 0. The molecule has 0 saturated carbocycles. The number of amides is 5. The van der Waals surface area contributed by atoms with Gasteiger partial charge in [0.25, 0.3) is 5.91 Å². The normalized spacial score (nSPS) is 17.4. The predicted octanol–water partition coefficient (Wildman–Crippen LogP) is -0.365. The van der Waals surface area contributed by atoms with E-state index in [1.165, 1.54) is 4.90 Å². The molecule has 1 saturated heterocycles. The standard InChI is InChI=1S/C29H49N5O9/c1-8-11-19(24(36)26(38)30-14-21(35)32-23(28(40)41)18(7)9-2)31-25(37)20-12-10-13-34(20)27(39)22(17(5)6)33-29(42)43-15-16(3)4/h16-20,22-23H,8-15H2,1-7H3,(H,30,38)(H,31,37)(H,32,35)(H,33,42)(H,40,41)/p-1/t18-,19?,20-,22-,23-/m0/s1. The Balaban J connectivity index is 2.87. The van der Waals surface area contributed by atoms with Crippen LogP contribution in [0.1, 0.15) is 80.6 Å². The summed E-state index contributed by atoms with van der Waals surface area (Å²) in [5, 5.41) is 21.0. The van der Waals surface area contributed by atoms with Crippen molar-refractivity contribution in [3.8, 4) is 0 Å². The zero-order chi connectivity index (χ0) is 32.9. The number of rotatable bonds is 17. The van der Waals surface area contributed by atoms with Gasteiger partial charge in [0.2, 0.25) is 23.5 Å². The lowest BCUT2D eigenvalue weighted by Crippen LogP contribution is -2.57. The molecular weight excluding hydrogens is 562 g/mol. The fraction of sp³-hybridized carbons (Fsp3) is 0.759. The van der Waals surface area contributed by atoms with E-state index in [1.807, 2.05) is 13.8 Å². The molecular formula is C29H48N5O9-. The van der Waals surface area contributed by atoms with Gasteiger partial charge in [-0.2, -0.15) is 0 Å². The van der Waals surface area contributed by atoms with Crippen LogP contribution >= 0.6 is 0 Å². The number of aliphatic carboxylic acids is 1. The highest BCUT2D eigenvalue weighted by Crippen LogP contribution is 2.21. The smallest absolute Gasteiger partial charge is 0.407 e. The van der Waals surface area contributed by atoms with Gasteiger partial charge in [-0.05, 0) is 37.0 Å². The predicted molar refractivity (Wildman–Crippen MR) is 154 cm³/mol. The second kappa shape index (κ2) is 18.1. The second-order valence-corrected chi connectivity index (χ2v) is 11.7. The van der Waals surface area contributed by atoms with Crippen LogP contribution in [0.15, 0.2) is 0 Å². The van der Waals surface area contributed by atoms with Gasteiger partial charge in [0.05, 0.1) is 31.2 Å². The highest BCUT2D eigenvalue weighted by atomic mass is 16.5. The summed E-state index contributed by atoms with van der Waals surface area (Å²) in [4.78, 5) is 89.4. The molecule has 1 rings (SSSR count). The number of nitrogens with zero attached hydrogens (tertiary/aromatic N) is 1. The van der Waals surface area contributed by atoms with Crippen molar-refractivity contribution in [3.05, 3.63) is 0 Å². The zero-order valence-corrected chi connectivity index (χ0v) is 26.3. The molecule has 1 aliphatic rings. The quantitative estimate of drug-likeness (QED) is 0.159. The van der Waals surface area contributed by atoms with Gasteiger partial charge < -0.3 is 40.8 Å². The highest BCUT2D eigenvalue weighted by Gasteiger charge is 2.40. The van der Waals surface area contributed by atoms with Crippen molar-refractivity contribution in [2.24, 2.45) is 17.8 Å². The van der Waals surface area contributed by atoms with Crippen molar-refractivity contribution in [1.29, 1.82) is 0 Å². The number of ketones is 1. The first-order valence-corrected chi connectivity index (χ1v) is 15.0. The van der Waals surface area contributed by atoms with Gasteiger partial charge in [-0.25, -0.2) is 4.79 Å². The molecule has 0 radical (unpaired) electrons. The molecule has 244 valence electrons. The number of carbonyl (C=O) groups excluding carboxylic acids is 7. The first-order chi connectivity index (χ1) is 20.1. The van der Waals surface area contributed by atoms with E-state index in [1.54, 1.807) is 34.6 Å². The van der Waals surface area contributed by atoms with E-state index < -0.39 is 78.1 Å². The molecule has 14 heteroatoms. The van der Waals surface area contributed by atoms with Crippen LogP contribution in [0.5, 0.6) is 0 Å². The van der Waals surface area contributed by atoms with Gasteiger partial charge in [0.1, 0.15) is 12.1 Å². The lowest BCUT2D eigenvalue weighted by Gasteiger charge is -2.31. The molecule has 1 fully saturated rings. The summed E-state index contributed by atoms with van der Waals surface area (Å²) in [5.41, 5.74) is 0. The number of ether oxygens (including phenoxy) is 1. The third-order valence-corrected chi connectivity index (χ3v) is 7.22. The molecule has 0 bridgehead atoms. The summed E-state index contributed by atoms with van der Waals surface area (Å²) < 4.78 is 5.15. The van der Waals surface area contributed by atoms with Crippen LogP contribution in [-0.2, 0) is 33.5 Å². The third kappa shape index (κ3) is 11.8. The van der Waals surface area contributed by atoms with Gasteiger partial charge in [0, 0.05) is 6.54 Å². The summed E-state index contributed by atoms with van der Waals surface area (Å²) in [7, 11) is 0. The fourth-order valence-corrected chi connectivity index (χ4v) is 4.53.